The maximum Gasteiger partial charge on any atom is 0.364 e. The molecule has 0 bridgehead atoms. The second-order valence-corrected chi connectivity index (χ2v) is 3.77. The summed E-state index contributed by atoms with van der Waals surface area (Å²) in [6.45, 7) is 4.89. The maximum atomic E-state index is 11.2. The fourth-order valence-corrected chi connectivity index (χ4v) is 0.727. The van der Waals surface area contributed by atoms with Gasteiger partial charge in [0.15, 0.2) is 0 Å². The van der Waals surface area contributed by atoms with Crippen LogP contribution < -0.4 is 0 Å². The van der Waals surface area contributed by atoms with E-state index in [4.69, 9.17) is 21.5 Å². The molecule has 0 spiro atoms. The van der Waals surface area contributed by atoms with Gasteiger partial charge in [0.05, 0.1) is 5.88 Å². The lowest BCUT2D eigenvalue weighted by molar-refractivity contribution is -0.146. The molecule has 0 aliphatic rings. The van der Waals surface area contributed by atoms with Crippen molar-refractivity contribution in [1.82, 2.24) is 0 Å². The minimum atomic E-state index is -0.981. The van der Waals surface area contributed by atoms with Gasteiger partial charge in [0, 0.05) is 0 Å². The molecule has 0 unspecified atom stereocenters. The first kappa shape index (κ1) is 12.9. The maximum absolute atomic E-state index is 11.2. The van der Waals surface area contributed by atoms with Crippen LogP contribution in [0.4, 0.5) is 0 Å². The zero-order chi connectivity index (χ0) is 11.4. The van der Waals surface area contributed by atoms with Gasteiger partial charge >= 0.3 is 5.97 Å². The lowest BCUT2D eigenvalue weighted by Crippen LogP contribution is -2.33. The van der Waals surface area contributed by atoms with Crippen molar-refractivity contribution >= 4 is 29.1 Å². The van der Waals surface area contributed by atoms with Crippen LogP contribution in [-0.4, -0.2) is 34.2 Å². The number of esters is 1. The zero-order valence-corrected chi connectivity index (χ0v) is 8.96. The fraction of sp³-hybridized carbons (Fsp3) is 0.625. The number of hydrogen-bond acceptors (Lipinski definition) is 5. The van der Waals surface area contributed by atoms with Crippen molar-refractivity contribution in [1.29, 1.82) is 0 Å². The normalized spacial score (nSPS) is 12.4. The Morgan fingerprint density at radius 3 is 2.21 bits per heavy atom. The Bertz CT molecular complexity index is 267. The van der Waals surface area contributed by atoms with Crippen molar-refractivity contribution in [3.05, 3.63) is 0 Å². The van der Waals surface area contributed by atoms with E-state index < -0.39 is 28.9 Å². The molecule has 0 rings (SSSR count). The number of hydrogen-bond donors (Lipinski definition) is 1. The number of ether oxygens (including phenoxy) is 1. The van der Waals surface area contributed by atoms with Crippen molar-refractivity contribution in [2.75, 3.05) is 5.88 Å². The lowest BCUT2D eigenvalue weighted by Gasteiger charge is -2.18. The van der Waals surface area contributed by atoms with Crippen LogP contribution in [0.1, 0.15) is 20.8 Å². The van der Waals surface area contributed by atoms with Crippen molar-refractivity contribution in [2.45, 2.75) is 26.4 Å². The summed E-state index contributed by atoms with van der Waals surface area (Å²) in [7, 11) is 0. The summed E-state index contributed by atoms with van der Waals surface area (Å²) < 4.78 is 4.80. The molecule has 0 amide bonds. The number of oxime groups is 1. The largest absolute Gasteiger partial charge is 0.455 e. The van der Waals surface area contributed by atoms with Crippen molar-refractivity contribution < 1.29 is 19.5 Å². The average Bonchev–Trinajstić information content (AvgIpc) is 2.01. The van der Waals surface area contributed by atoms with E-state index in [1.54, 1.807) is 20.8 Å². The number of alkyl halides is 1. The molecule has 0 heterocycles. The molecule has 80 valence electrons. The molecule has 0 radical (unpaired) electrons. The first-order chi connectivity index (χ1) is 6.31. The van der Waals surface area contributed by atoms with Gasteiger partial charge < -0.3 is 9.94 Å². The highest BCUT2D eigenvalue weighted by atomic mass is 35.5. The van der Waals surface area contributed by atoms with Crippen LogP contribution in [0.2, 0.25) is 0 Å². The number of nitrogens with zero attached hydrogens (tertiary/aromatic N) is 1. The molecule has 5 nitrogen and oxygen atoms in total. The Balaban J connectivity index is 4.59. The van der Waals surface area contributed by atoms with Gasteiger partial charge in [-0.1, -0.05) is 5.16 Å². The van der Waals surface area contributed by atoms with Crippen molar-refractivity contribution in [2.24, 2.45) is 5.16 Å². The summed E-state index contributed by atoms with van der Waals surface area (Å²) in [5, 5.41) is 11.0. The van der Waals surface area contributed by atoms with Gasteiger partial charge in [0.25, 0.3) is 0 Å². The fourth-order valence-electron chi connectivity index (χ4n) is 0.600. The molecule has 0 aromatic rings. The van der Waals surface area contributed by atoms with Crippen LogP contribution in [0.5, 0.6) is 0 Å². The van der Waals surface area contributed by atoms with Crippen molar-refractivity contribution in [3.63, 3.8) is 0 Å². The second-order valence-electron chi connectivity index (χ2n) is 3.51. The molecule has 0 saturated heterocycles. The molecular formula is C8H12ClNO4. The number of carbonyl (C=O) groups is 2. The number of carbonyl (C=O) groups excluding carboxylic acids is 2. The summed E-state index contributed by atoms with van der Waals surface area (Å²) in [5.74, 6) is -2.19. The third-order valence-corrected chi connectivity index (χ3v) is 1.32. The van der Waals surface area contributed by atoms with Crippen molar-refractivity contribution in [3.8, 4) is 0 Å². The van der Waals surface area contributed by atoms with E-state index in [0.717, 1.165) is 0 Å². The predicted octanol–water partition coefficient (Wildman–Crippen LogP) is 0.966. The quantitative estimate of drug-likeness (QED) is 0.192. The van der Waals surface area contributed by atoms with E-state index in [1.807, 2.05) is 0 Å². The third kappa shape index (κ3) is 4.23. The van der Waals surface area contributed by atoms with Crippen LogP contribution in [0, 0.1) is 0 Å². The highest BCUT2D eigenvalue weighted by Gasteiger charge is 2.26. The van der Waals surface area contributed by atoms with Gasteiger partial charge in [0.2, 0.25) is 11.5 Å². The Labute approximate surface area is 86.7 Å². The number of ketones is 1. The number of rotatable bonds is 3. The van der Waals surface area contributed by atoms with Crippen LogP contribution >= 0.6 is 11.6 Å². The standard InChI is InChI=1S/C8H12ClNO4/c1-8(2,3)14-7(12)6(10-13)5(11)4-9/h13H,4H2,1-3H3. The minimum absolute atomic E-state index is 0.432. The van der Waals surface area contributed by atoms with Crippen LogP contribution in [0.25, 0.3) is 0 Å². The Hall–Kier alpha value is -1.10. The van der Waals surface area contributed by atoms with E-state index >= 15 is 0 Å². The molecule has 0 aliphatic heterocycles. The van der Waals surface area contributed by atoms with Gasteiger partial charge in [-0.15, -0.1) is 11.6 Å². The van der Waals surface area contributed by atoms with Gasteiger partial charge in [-0.05, 0) is 20.8 Å². The van der Waals surface area contributed by atoms with E-state index in [0.29, 0.717) is 0 Å². The van der Waals surface area contributed by atoms with E-state index in [1.165, 1.54) is 0 Å². The van der Waals surface area contributed by atoms with Gasteiger partial charge in [-0.2, -0.15) is 0 Å². The molecule has 0 aromatic carbocycles. The third-order valence-electron chi connectivity index (χ3n) is 1.08. The van der Waals surface area contributed by atoms with E-state index in [-0.39, 0.29) is 0 Å². The zero-order valence-electron chi connectivity index (χ0n) is 8.20. The molecule has 1 N–H and O–H groups in total. The Morgan fingerprint density at radius 1 is 1.43 bits per heavy atom. The summed E-state index contributed by atoms with van der Waals surface area (Å²) in [6, 6.07) is 0. The molecule has 0 atom stereocenters. The first-order valence-electron chi connectivity index (χ1n) is 3.86. The molecule has 0 saturated carbocycles. The molecule has 14 heavy (non-hydrogen) atoms. The number of Topliss-reactive ketones (excluding diaryl/α,β-unsaturated/α-hetero) is 1. The molecule has 0 aliphatic carbocycles. The summed E-state index contributed by atoms with van der Waals surface area (Å²) in [5.41, 5.74) is -1.44. The van der Waals surface area contributed by atoms with Crippen LogP contribution in [-0.2, 0) is 14.3 Å². The summed E-state index contributed by atoms with van der Waals surface area (Å²) in [4.78, 5) is 22.1. The SMILES string of the molecule is CC(C)(C)OC(=O)C(=NO)C(=O)CCl. The smallest absolute Gasteiger partial charge is 0.364 e. The molecule has 0 aromatic heterocycles. The highest BCUT2D eigenvalue weighted by Crippen LogP contribution is 2.07. The summed E-state index contributed by atoms with van der Waals surface area (Å²) in [6.07, 6.45) is 0. The molecule has 6 heteroatoms. The van der Waals surface area contributed by atoms with Gasteiger partial charge in [0.1, 0.15) is 5.60 Å². The Kier molecular flexibility index (Phi) is 4.56. The lowest BCUT2D eigenvalue weighted by atomic mass is 10.2. The van der Waals surface area contributed by atoms with Crippen LogP contribution in [0.3, 0.4) is 0 Å². The van der Waals surface area contributed by atoms with Crippen LogP contribution in [0.15, 0.2) is 5.16 Å². The van der Waals surface area contributed by atoms with E-state index in [2.05, 4.69) is 5.16 Å². The Morgan fingerprint density at radius 2 is 1.93 bits per heavy atom. The topological polar surface area (TPSA) is 76.0 Å². The van der Waals surface area contributed by atoms with Gasteiger partial charge in [-0.25, -0.2) is 4.79 Å². The minimum Gasteiger partial charge on any atom is -0.455 e. The monoisotopic (exact) mass is 221 g/mol. The second kappa shape index (κ2) is 4.95. The number of halogens is 1. The van der Waals surface area contributed by atoms with E-state index in [9.17, 15) is 9.59 Å². The predicted molar refractivity (Wildman–Crippen MR) is 50.8 cm³/mol. The molecular weight excluding hydrogens is 210 g/mol. The van der Waals surface area contributed by atoms with Gasteiger partial charge in [-0.3, -0.25) is 4.79 Å². The average molecular weight is 222 g/mol. The first-order valence-corrected chi connectivity index (χ1v) is 4.40. The molecule has 0 fully saturated rings. The summed E-state index contributed by atoms with van der Waals surface area (Å²) >= 11 is 5.19. The highest BCUT2D eigenvalue weighted by molar-refractivity contribution is 6.67.